The maximum absolute atomic E-state index is 12.4. The number of hydrogen-bond acceptors (Lipinski definition) is 3. The van der Waals surface area contributed by atoms with Crippen LogP contribution in [0.3, 0.4) is 0 Å². The van der Waals surface area contributed by atoms with E-state index in [1.807, 2.05) is 0 Å². The highest BCUT2D eigenvalue weighted by molar-refractivity contribution is 7.90. The molecule has 0 spiro atoms. The van der Waals surface area contributed by atoms with Gasteiger partial charge in [-0.2, -0.15) is 12.7 Å². The van der Waals surface area contributed by atoms with Crippen LogP contribution in [-0.2, 0) is 15.0 Å². The van der Waals surface area contributed by atoms with Gasteiger partial charge in [-0.15, -0.1) is 0 Å². The van der Waals surface area contributed by atoms with Gasteiger partial charge in [0, 0.05) is 18.1 Å². The van der Waals surface area contributed by atoms with Gasteiger partial charge in [0.2, 0.25) is 0 Å². The molecule has 1 saturated heterocycles. The Labute approximate surface area is 128 Å². The average Bonchev–Trinajstić information content (AvgIpc) is 2.44. The first-order valence-electron chi connectivity index (χ1n) is 6.57. The maximum atomic E-state index is 12.4. The van der Waals surface area contributed by atoms with Crippen LogP contribution in [0.1, 0.15) is 18.4 Å². The fourth-order valence-corrected chi connectivity index (χ4v) is 3.83. The van der Waals surface area contributed by atoms with Crippen molar-refractivity contribution in [1.29, 1.82) is 0 Å². The van der Waals surface area contributed by atoms with Crippen molar-refractivity contribution in [2.24, 2.45) is 5.92 Å². The number of carboxylic acids is 1. The average molecular weight is 333 g/mol. The van der Waals surface area contributed by atoms with Gasteiger partial charge >= 0.3 is 16.2 Å². The number of benzene rings is 1. The Morgan fingerprint density at radius 2 is 2.19 bits per heavy atom. The Morgan fingerprint density at radius 3 is 2.86 bits per heavy atom. The van der Waals surface area contributed by atoms with Gasteiger partial charge in [0.1, 0.15) is 0 Å². The number of hydrogen-bond donors (Lipinski definition) is 2. The van der Waals surface area contributed by atoms with E-state index in [-0.39, 0.29) is 6.54 Å². The van der Waals surface area contributed by atoms with Crippen LogP contribution in [-0.4, -0.2) is 36.9 Å². The number of nitrogens with one attached hydrogen (secondary N) is 1. The third kappa shape index (κ3) is 3.66. The summed E-state index contributed by atoms with van der Waals surface area (Å²) < 4.78 is 28.4. The summed E-state index contributed by atoms with van der Waals surface area (Å²) in [5, 5.41) is 9.50. The van der Waals surface area contributed by atoms with Crippen molar-refractivity contribution in [1.82, 2.24) is 4.31 Å². The largest absolute Gasteiger partial charge is 0.481 e. The number of halogens is 1. The van der Waals surface area contributed by atoms with E-state index >= 15 is 0 Å². The third-order valence-electron chi connectivity index (χ3n) is 3.58. The van der Waals surface area contributed by atoms with Crippen molar-refractivity contribution < 1.29 is 18.3 Å². The minimum Gasteiger partial charge on any atom is -0.481 e. The Bertz CT molecular complexity index is 648. The second-order valence-corrected chi connectivity index (χ2v) is 7.13. The van der Waals surface area contributed by atoms with E-state index < -0.39 is 22.1 Å². The van der Waals surface area contributed by atoms with Crippen molar-refractivity contribution in [3.63, 3.8) is 0 Å². The minimum absolute atomic E-state index is 0.00964. The van der Waals surface area contributed by atoms with Gasteiger partial charge in [0.25, 0.3) is 0 Å². The molecule has 1 atom stereocenters. The van der Waals surface area contributed by atoms with Gasteiger partial charge in [0.15, 0.2) is 0 Å². The fraction of sp³-hybridized carbons (Fsp3) is 0.462. The number of piperidine rings is 1. The quantitative estimate of drug-likeness (QED) is 0.884. The molecular weight excluding hydrogens is 316 g/mol. The van der Waals surface area contributed by atoms with Gasteiger partial charge in [0.05, 0.1) is 11.6 Å². The summed E-state index contributed by atoms with van der Waals surface area (Å²) in [6.07, 6.45) is 1.03. The standard InChI is InChI=1S/C13H17ClN2O4S/c1-9-11(14)5-2-6-12(9)15-21(19,20)16-7-3-4-10(8-16)13(17)18/h2,5-6,10,15H,3-4,7-8H2,1H3,(H,17,18). The van der Waals surface area contributed by atoms with Crippen LogP contribution < -0.4 is 4.72 Å². The summed E-state index contributed by atoms with van der Waals surface area (Å²) in [5.41, 5.74) is 1.04. The zero-order valence-electron chi connectivity index (χ0n) is 11.5. The molecule has 1 heterocycles. The molecule has 0 aromatic heterocycles. The number of rotatable bonds is 4. The molecule has 116 valence electrons. The minimum atomic E-state index is -3.78. The maximum Gasteiger partial charge on any atom is 0.307 e. The molecule has 2 rings (SSSR count). The molecule has 2 N–H and O–H groups in total. The van der Waals surface area contributed by atoms with Crippen LogP contribution in [0, 0.1) is 12.8 Å². The van der Waals surface area contributed by atoms with E-state index in [1.165, 1.54) is 4.31 Å². The molecule has 1 unspecified atom stereocenters. The lowest BCUT2D eigenvalue weighted by Crippen LogP contribution is -2.44. The van der Waals surface area contributed by atoms with Gasteiger partial charge < -0.3 is 5.11 Å². The second-order valence-electron chi connectivity index (χ2n) is 5.05. The highest BCUT2D eigenvalue weighted by Gasteiger charge is 2.32. The van der Waals surface area contributed by atoms with Crippen molar-refractivity contribution >= 4 is 33.5 Å². The number of carbonyl (C=O) groups is 1. The van der Waals surface area contributed by atoms with Crippen LogP contribution in [0.4, 0.5) is 5.69 Å². The SMILES string of the molecule is Cc1c(Cl)cccc1NS(=O)(=O)N1CCCC(C(=O)O)C1. The van der Waals surface area contributed by atoms with Gasteiger partial charge in [-0.1, -0.05) is 17.7 Å². The molecule has 1 aromatic rings. The third-order valence-corrected chi connectivity index (χ3v) is 5.48. The van der Waals surface area contributed by atoms with E-state index in [2.05, 4.69) is 4.72 Å². The Hall–Kier alpha value is -1.31. The van der Waals surface area contributed by atoms with E-state index in [0.717, 1.165) is 0 Å². The number of anilines is 1. The molecule has 0 saturated carbocycles. The van der Waals surface area contributed by atoms with Crippen LogP contribution in [0.5, 0.6) is 0 Å². The van der Waals surface area contributed by atoms with E-state index in [4.69, 9.17) is 16.7 Å². The first-order chi connectivity index (χ1) is 9.81. The van der Waals surface area contributed by atoms with Gasteiger partial charge in [-0.3, -0.25) is 9.52 Å². The normalized spacial score (nSPS) is 20.2. The Morgan fingerprint density at radius 1 is 1.48 bits per heavy atom. The zero-order valence-corrected chi connectivity index (χ0v) is 13.1. The zero-order chi connectivity index (χ0) is 15.6. The topological polar surface area (TPSA) is 86.7 Å². The molecule has 0 amide bonds. The van der Waals surface area contributed by atoms with Crippen molar-refractivity contribution in [2.45, 2.75) is 19.8 Å². The van der Waals surface area contributed by atoms with Crippen molar-refractivity contribution in [3.8, 4) is 0 Å². The second kappa shape index (κ2) is 6.21. The Balaban J connectivity index is 2.18. The summed E-state index contributed by atoms with van der Waals surface area (Å²) in [7, 11) is -3.78. The smallest absolute Gasteiger partial charge is 0.307 e. The fourth-order valence-electron chi connectivity index (χ4n) is 2.28. The highest BCUT2D eigenvalue weighted by Crippen LogP contribution is 2.26. The first kappa shape index (κ1) is 16.1. The van der Waals surface area contributed by atoms with Crippen LogP contribution in [0.15, 0.2) is 18.2 Å². The molecule has 1 fully saturated rings. The number of aliphatic carboxylic acids is 1. The van der Waals surface area contributed by atoms with Crippen LogP contribution in [0.25, 0.3) is 0 Å². The summed E-state index contributed by atoms with van der Waals surface area (Å²) in [4.78, 5) is 11.0. The lowest BCUT2D eigenvalue weighted by Gasteiger charge is -2.30. The van der Waals surface area contributed by atoms with E-state index in [0.29, 0.717) is 35.7 Å². The number of nitrogens with zero attached hydrogens (tertiary/aromatic N) is 1. The molecule has 1 aromatic carbocycles. The number of carboxylic acid groups (broad SMARTS) is 1. The molecule has 1 aliphatic rings. The molecule has 8 heteroatoms. The van der Waals surface area contributed by atoms with E-state index in [9.17, 15) is 13.2 Å². The summed E-state index contributed by atoms with van der Waals surface area (Å²) in [6, 6.07) is 4.96. The van der Waals surface area contributed by atoms with Gasteiger partial charge in [-0.05, 0) is 37.5 Å². The molecule has 0 radical (unpaired) electrons. The van der Waals surface area contributed by atoms with Crippen LogP contribution >= 0.6 is 11.6 Å². The molecule has 1 aliphatic heterocycles. The predicted octanol–water partition coefficient (Wildman–Crippen LogP) is 2.10. The van der Waals surface area contributed by atoms with Gasteiger partial charge in [-0.25, -0.2) is 0 Å². The lowest BCUT2D eigenvalue weighted by atomic mass is 10.0. The monoisotopic (exact) mass is 332 g/mol. The lowest BCUT2D eigenvalue weighted by molar-refractivity contribution is -0.142. The van der Waals surface area contributed by atoms with Crippen molar-refractivity contribution in [3.05, 3.63) is 28.8 Å². The summed E-state index contributed by atoms with van der Waals surface area (Å²) in [5.74, 6) is -1.62. The van der Waals surface area contributed by atoms with Crippen molar-refractivity contribution in [2.75, 3.05) is 17.8 Å². The molecule has 0 bridgehead atoms. The molecular formula is C13H17ClN2O4S. The first-order valence-corrected chi connectivity index (χ1v) is 8.39. The highest BCUT2D eigenvalue weighted by atomic mass is 35.5. The predicted molar refractivity (Wildman–Crippen MR) is 80.7 cm³/mol. The summed E-state index contributed by atoms with van der Waals surface area (Å²) in [6.45, 7) is 2.03. The Kier molecular flexibility index (Phi) is 4.75. The van der Waals surface area contributed by atoms with Crippen LogP contribution in [0.2, 0.25) is 5.02 Å². The molecule has 6 nitrogen and oxygen atoms in total. The summed E-state index contributed by atoms with van der Waals surface area (Å²) >= 11 is 5.97. The molecule has 21 heavy (non-hydrogen) atoms. The molecule has 0 aliphatic carbocycles. The van der Waals surface area contributed by atoms with E-state index in [1.54, 1.807) is 25.1 Å².